The van der Waals surface area contributed by atoms with E-state index in [0.29, 0.717) is 5.82 Å². The summed E-state index contributed by atoms with van der Waals surface area (Å²) >= 11 is 0. The predicted molar refractivity (Wildman–Crippen MR) is 68.7 cm³/mol. The molecule has 0 aliphatic carbocycles. The summed E-state index contributed by atoms with van der Waals surface area (Å²) in [6.07, 6.45) is 1.98. The van der Waals surface area contributed by atoms with E-state index in [0.717, 1.165) is 22.1 Å². The minimum Gasteiger partial charge on any atom is -0.365 e. The zero-order valence-corrected chi connectivity index (χ0v) is 9.86. The van der Waals surface area contributed by atoms with Gasteiger partial charge in [0.05, 0.1) is 11.6 Å². The molecule has 0 unspecified atom stereocenters. The lowest BCUT2D eigenvalue weighted by molar-refractivity contribution is 0.760. The summed E-state index contributed by atoms with van der Waals surface area (Å²) in [6.45, 7) is 3.93. The van der Waals surface area contributed by atoms with Crippen molar-refractivity contribution in [3.8, 4) is 0 Å². The SMILES string of the molecule is Cc1cc2ccc3nc([C@@H](C)N)nc3c2c[nH]1. The van der Waals surface area contributed by atoms with Gasteiger partial charge < -0.3 is 10.7 Å². The van der Waals surface area contributed by atoms with Crippen LogP contribution in [-0.2, 0) is 0 Å². The van der Waals surface area contributed by atoms with Gasteiger partial charge in [-0.1, -0.05) is 6.07 Å². The molecule has 3 rings (SSSR count). The van der Waals surface area contributed by atoms with Gasteiger partial charge in [-0.15, -0.1) is 0 Å². The fraction of sp³-hybridized carbons (Fsp3) is 0.231. The summed E-state index contributed by atoms with van der Waals surface area (Å²) in [4.78, 5) is 12.2. The van der Waals surface area contributed by atoms with Gasteiger partial charge in [-0.2, -0.15) is 0 Å². The van der Waals surface area contributed by atoms with Gasteiger partial charge >= 0.3 is 0 Å². The van der Waals surface area contributed by atoms with Crippen LogP contribution in [0.4, 0.5) is 0 Å². The van der Waals surface area contributed by atoms with Gasteiger partial charge in [-0.3, -0.25) is 0 Å². The van der Waals surface area contributed by atoms with Gasteiger partial charge in [0, 0.05) is 17.3 Å². The standard InChI is InChI=1S/C13H14N4/c1-7-5-9-3-4-11-12(10(9)6-15-7)17-13(16-11)8(2)14/h3-6,8,15H,14H2,1-2H3/t8-/m1/s1. The van der Waals surface area contributed by atoms with Crippen LogP contribution in [0.1, 0.15) is 24.5 Å². The highest BCUT2D eigenvalue weighted by Gasteiger charge is 2.10. The molecule has 0 radical (unpaired) electrons. The highest BCUT2D eigenvalue weighted by molar-refractivity contribution is 6.03. The van der Waals surface area contributed by atoms with E-state index in [1.165, 1.54) is 5.39 Å². The number of benzene rings is 1. The Morgan fingerprint density at radius 2 is 2.12 bits per heavy atom. The molecule has 0 fully saturated rings. The van der Waals surface area contributed by atoms with Crippen LogP contribution in [0.2, 0.25) is 0 Å². The molecular formula is C13H14N4. The first-order valence-electron chi connectivity index (χ1n) is 5.66. The van der Waals surface area contributed by atoms with Gasteiger partial charge in [-0.25, -0.2) is 9.97 Å². The van der Waals surface area contributed by atoms with Crippen molar-refractivity contribution in [1.82, 2.24) is 15.0 Å². The molecule has 0 saturated heterocycles. The molecule has 4 heteroatoms. The Labute approximate surface area is 98.9 Å². The number of nitrogens with two attached hydrogens (primary N) is 1. The zero-order chi connectivity index (χ0) is 12.0. The largest absolute Gasteiger partial charge is 0.365 e. The summed E-state index contributed by atoms with van der Waals surface area (Å²) in [5, 5.41) is 2.26. The fourth-order valence-corrected chi connectivity index (χ4v) is 2.02. The van der Waals surface area contributed by atoms with Gasteiger partial charge in [0.25, 0.3) is 0 Å². The molecule has 1 atom stereocenters. The third-order valence-corrected chi connectivity index (χ3v) is 2.91. The van der Waals surface area contributed by atoms with E-state index in [4.69, 9.17) is 5.73 Å². The highest BCUT2D eigenvalue weighted by Crippen LogP contribution is 2.24. The third-order valence-electron chi connectivity index (χ3n) is 2.91. The number of hydrogen-bond acceptors (Lipinski definition) is 3. The van der Waals surface area contributed by atoms with E-state index in [1.807, 2.05) is 26.1 Å². The first kappa shape index (κ1) is 10.2. The summed E-state index contributed by atoms with van der Waals surface area (Å²) in [5.41, 5.74) is 8.77. The van der Waals surface area contributed by atoms with Crippen molar-refractivity contribution < 1.29 is 0 Å². The number of aromatic nitrogens is 3. The summed E-state index contributed by atoms with van der Waals surface area (Å²) in [5.74, 6) is 0.702. The Bertz CT molecular complexity index is 697. The third kappa shape index (κ3) is 1.57. The fourth-order valence-electron chi connectivity index (χ4n) is 2.02. The number of nitrogens with zero attached hydrogens (tertiary/aromatic N) is 2. The number of pyridine rings is 1. The predicted octanol–water partition coefficient (Wildman–Crippen LogP) is 2.44. The number of H-pyrrole nitrogens is 1. The maximum absolute atomic E-state index is 5.81. The van der Waals surface area contributed by atoms with E-state index in [9.17, 15) is 0 Å². The van der Waals surface area contributed by atoms with E-state index >= 15 is 0 Å². The normalized spacial score (nSPS) is 13.4. The number of imidazole rings is 1. The number of hydrogen-bond donors (Lipinski definition) is 2. The van der Waals surface area contributed by atoms with Gasteiger partial charge in [0.1, 0.15) is 11.3 Å². The minimum atomic E-state index is -0.133. The first-order valence-corrected chi connectivity index (χ1v) is 5.66. The Morgan fingerprint density at radius 3 is 2.88 bits per heavy atom. The van der Waals surface area contributed by atoms with E-state index < -0.39 is 0 Å². The molecule has 2 heterocycles. The molecular weight excluding hydrogens is 212 g/mol. The minimum absolute atomic E-state index is 0.133. The van der Waals surface area contributed by atoms with Crippen molar-refractivity contribution in [2.45, 2.75) is 19.9 Å². The van der Waals surface area contributed by atoms with Crippen molar-refractivity contribution in [3.63, 3.8) is 0 Å². The van der Waals surface area contributed by atoms with Crippen LogP contribution in [0, 0.1) is 6.92 Å². The van der Waals surface area contributed by atoms with Crippen LogP contribution in [0.3, 0.4) is 0 Å². The van der Waals surface area contributed by atoms with Gasteiger partial charge in [0.15, 0.2) is 0 Å². The number of rotatable bonds is 1. The second-order valence-corrected chi connectivity index (χ2v) is 4.42. The molecule has 3 aromatic rings. The van der Waals surface area contributed by atoms with Crippen LogP contribution in [0.25, 0.3) is 21.8 Å². The Hall–Kier alpha value is -1.94. The molecule has 4 nitrogen and oxygen atoms in total. The van der Waals surface area contributed by atoms with Crippen LogP contribution in [0.15, 0.2) is 24.4 Å². The van der Waals surface area contributed by atoms with Crippen molar-refractivity contribution in [1.29, 1.82) is 0 Å². The molecule has 1 aromatic carbocycles. The molecule has 0 saturated carbocycles. The molecule has 0 aliphatic rings. The lowest BCUT2D eigenvalue weighted by atomic mass is 10.1. The molecule has 2 aromatic heterocycles. The summed E-state index contributed by atoms with van der Waals surface area (Å²) < 4.78 is 0. The Kier molecular flexibility index (Phi) is 2.12. The van der Waals surface area contributed by atoms with E-state index in [2.05, 4.69) is 27.1 Å². The monoisotopic (exact) mass is 226 g/mol. The molecule has 86 valence electrons. The topological polar surface area (TPSA) is 67.6 Å². The molecule has 0 amide bonds. The lowest BCUT2D eigenvalue weighted by Gasteiger charge is -2.00. The first-order chi connectivity index (χ1) is 8.15. The smallest absolute Gasteiger partial charge is 0.146 e. The van der Waals surface area contributed by atoms with Crippen molar-refractivity contribution in [2.75, 3.05) is 0 Å². The van der Waals surface area contributed by atoms with Crippen molar-refractivity contribution in [3.05, 3.63) is 35.9 Å². The number of aryl methyl sites for hydroxylation is 1. The van der Waals surface area contributed by atoms with Gasteiger partial charge in [-0.05, 0) is 31.4 Å². The van der Waals surface area contributed by atoms with Crippen molar-refractivity contribution in [2.24, 2.45) is 5.73 Å². The van der Waals surface area contributed by atoms with Gasteiger partial charge in [0.2, 0.25) is 0 Å². The second kappa shape index (κ2) is 3.53. The number of fused-ring (bicyclic) bond motifs is 3. The molecule has 0 bridgehead atoms. The average Bonchev–Trinajstić information content (AvgIpc) is 2.72. The lowest BCUT2D eigenvalue weighted by Crippen LogP contribution is -2.06. The number of nitrogens with one attached hydrogen (secondary N) is 1. The number of aromatic amines is 1. The van der Waals surface area contributed by atoms with Crippen molar-refractivity contribution >= 4 is 21.8 Å². The maximum atomic E-state index is 5.81. The molecule has 3 N–H and O–H groups in total. The zero-order valence-electron chi connectivity index (χ0n) is 9.86. The van der Waals surface area contributed by atoms with Crippen LogP contribution in [-0.4, -0.2) is 15.0 Å². The molecule has 0 spiro atoms. The van der Waals surface area contributed by atoms with Crippen LogP contribution in [0.5, 0.6) is 0 Å². The molecule has 17 heavy (non-hydrogen) atoms. The summed E-state index contributed by atoms with van der Waals surface area (Å²) in [6, 6.07) is 6.04. The maximum Gasteiger partial charge on any atom is 0.146 e. The van der Waals surface area contributed by atoms with E-state index in [-0.39, 0.29) is 6.04 Å². The average molecular weight is 226 g/mol. The Balaban J connectivity index is 2.38. The highest BCUT2D eigenvalue weighted by atomic mass is 15.0. The molecule has 0 aliphatic heterocycles. The quantitative estimate of drug-likeness (QED) is 0.669. The van der Waals surface area contributed by atoms with E-state index in [1.54, 1.807) is 0 Å². The summed E-state index contributed by atoms with van der Waals surface area (Å²) in [7, 11) is 0. The van der Waals surface area contributed by atoms with Crippen LogP contribution < -0.4 is 5.73 Å². The van der Waals surface area contributed by atoms with Crippen LogP contribution >= 0.6 is 0 Å². The Morgan fingerprint density at radius 1 is 1.29 bits per heavy atom. The second-order valence-electron chi connectivity index (χ2n) is 4.42.